The Morgan fingerprint density at radius 3 is 3.00 bits per heavy atom. The zero-order chi connectivity index (χ0) is 13.2. The molecule has 2 aromatic rings. The second-order valence-electron chi connectivity index (χ2n) is 4.06. The fraction of sp³-hybridized carbons (Fsp3) is 0.0833. The Labute approximate surface area is 109 Å². The molecule has 0 aliphatic carbocycles. The van der Waals surface area contributed by atoms with Gasteiger partial charge < -0.3 is 15.6 Å². The summed E-state index contributed by atoms with van der Waals surface area (Å²) in [5.41, 5.74) is 4.08. The number of hydrazine groups is 1. The summed E-state index contributed by atoms with van der Waals surface area (Å²) in [5.74, 6) is 6.24. The summed E-state index contributed by atoms with van der Waals surface area (Å²) < 4.78 is 0. The van der Waals surface area contributed by atoms with Crippen molar-refractivity contribution in [3.63, 3.8) is 0 Å². The molecule has 3 rings (SSSR count). The number of nitrogens with one attached hydrogen (secondary N) is 2. The van der Waals surface area contributed by atoms with Crippen molar-refractivity contribution in [1.82, 2.24) is 9.97 Å². The van der Waals surface area contributed by atoms with Gasteiger partial charge in [-0.1, -0.05) is 12.1 Å². The highest BCUT2D eigenvalue weighted by molar-refractivity contribution is 6.02. The summed E-state index contributed by atoms with van der Waals surface area (Å²) in [4.78, 5) is 21.9. The molecule has 0 saturated carbocycles. The van der Waals surface area contributed by atoms with Gasteiger partial charge in [0, 0.05) is 0 Å². The number of anilines is 4. The molecule has 1 aliphatic heterocycles. The third-order valence-corrected chi connectivity index (χ3v) is 2.82. The Balaban J connectivity index is 2.07. The number of carbonyl (C=O) groups is 1. The average Bonchev–Trinajstić information content (AvgIpc) is 2.46. The lowest BCUT2D eigenvalue weighted by molar-refractivity contribution is -0.115. The Bertz CT molecular complexity index is 629. The first-order valence-electron chi connectivity index (χ1n) is 5.73. The third-order valence-electron chi connectivity index (χ3n) is 2.82. The molecule has 0 saturated heterocycles. The maximum absolute atomic E-state index is 11.7. The van der Waals surface area contributed by atoms with Gasteiger partial charge in [0.15, 0.2) is 11.6 Å². The van der Waals surface area contributed by atoms with E-state index in [-0.39, 0.29) is 12.5 Å². The van der Waals surface area contributed by atoms with Crippen LogP contribution in [0.1, 0.15) is 0 Å². The number of carbonyl (C=O) groups excluding carboxylic acids is 1. The summed E-state index contributed by atoms with van der Waals surface area (Å²) in [6, 6.07) is 7.53. The molecule has 96 valence electrons. The Morgan fingerprint density at radius 1 is 1.32 bits per heavy atom. The van der Waals surface area contributed by atoms with Crippen LogP contribution in [0.5, 0.6) is 0 Å². The molecule has 1 aliphatic rings. The molecule has 2 heterocycles. The van der Waals surface area contributed by atoms with Gasteiger partial charge in [0.1, 0.15) is 6.54 Å². The molecule has 7 nitrogen and oxygen atoms in total. The van der Waals surface area contributed by atoms with Crippen molar-refractivity contribution in [2.24, 2.45) is 5.84 Å². The van der Waals surface area contributed by atoms with Crippen molar-refractivity contribution in [2.45, 2.75) is 0 Å². The van der Waals surface area contributed by atoms with Gasteiger partial charge in [0.05, 0.1) is 23.8 Å². The molecule has 4 N–H and O–H groups in total. The van der Waals surface area contributed by atoms with Crippen LogP contribution in [0.3, 0.4) is 0 Å². The predicted octanol–water partition coefficient (Wildman–Crippen LogP) is 0.852. The van der Waals surface area contributed by atoms with Crippen LogP contribution in [0, 0.1) is 0 Å². The Morgan fingerprint density at radius 2 is 2.16 bits per heavy atom. The topological polar surface area (TPSA) is 96.2 Å². The van der Waals surface area contributed by atoms with Gasteiger partial charge in [-0.15, -0.1) is 0 Å². The minimum atomic E-state index is -0.0911. The van der Waals surface area contributed by atoms with Crippen molar-refractivity contribution in [3.8, 4) is 0 Å². The van der Waals surface area contributed by atoms with Crippen molar-refractivity contribution < 1.29 is 4.79 Å². The number of fused-ring (bicyclic) bond motifs is 1. The summed E-state index contributed by atoms with van der Waals surface area (Å²) >= 11 is 0. The number of amides is 1. The summed E-state index contributed by atoms with van der Waals surface area (Å²) in [6.07, 6.45) is 3.11. The van der Waals surface area contributed by atoms with Crippen molar-refractivity contribution in [3.05, 3.63) is 36.7 Å². The van der Waals surface area contributed by atoms with Crippen molar-refractivity contribution >= 4 is 28.9 Å². The van der Waals surface area contributed by atoms with Gasteiger partial charge in [-0.2, -0.15) is 0 Å². The van der Waals surface area contributed by atoms with E-state index in [9.17, 15) is 4.79 Å². The number of nitrogens with two attached hydrogens (primary N) is 1. The second-order valence-corrected chi connectivity index (χ2v) is 4.06. The number of aromatic nitrogens is 2. The maximum Gasteiger partial charge on any atom is 0.244 e. The molecular weight excluding hydrogens is 244 g/mol. The number of benzene rings is 1. The highest BCUT2D eigenvalue weighted by Gasteiger charge is 2.23. The Hall–Kier alpha value is -2.67. The molecule has 1 amide bonds. The predicted molar refractivity (Wildman–Crippen MR) is 71.9 cm³/mol. The molecule has 0 bridgehead atoms. The van der Waals surface area contributed by atoms with Gasteiger partial charge >= 0.3 is 0 Å². The summed E-state index contributed by atoms with van der Waals surface area (Å²) in [7, 11) is 0. The molecule has 0 unspecified atom stereocenters. The molecule has 0 fully saturated rings. The maximum atomic E-state index is 11.7. The Kier molecular flexibility index (Phi) is 2.73. The zero-order valence-corrected chi connectivity index (χ0v) is 10.00. The van der Waals surface area contributed by atoms with E-state index in [1.165, 1.54) is 6.20 Å². The average molecular weight is 256 g/mol. The van der Waals surface area contributed by atoms with E-state index < -0.39 is 0 Å². The monoisotopic (exact) mass is 256 g/mol. The first-order valence-corrected chi connectivity index (χ1v) is 5.73. The van der Waals surface area contributed by atoms with E-state index in [2.05, 4.69) is 20.7 Å². The second kappa shape index (κ2) is 4.54. The van der Waals surface area contributed by atoms with Crippen molar-refractivity contribution in [2.75, 3.05) is 22.2 Å². The molecule has 0 spiro atoms. The lowest BCUT2D eigenvalue weighted by Crippen LogP contribution is -2.35. The van der Waals surface area contributed by atoms with Gasteiger partial charge in [-0.05, 0) is 12.1 Å². The quantitative estimate of drug-likeness (QED) is 0.544. The number of para-hydroxylation sites is 2. The highest BCUT2D eigenvalue weighted by Crippen LogP contribution is 2.33. The number of hydrogen-bond donors (Lipinski definition) is 3. The fourth-order valence-electron chi connectivity index (χ4n) is 1.99. The van der Waals surface area contributed by atoms with E-state index in [1.54, 1.807) is 11.1 Å². The van der Waals surface area contributed by atoms with Crippen LogP contribution in [0.15, 0.2) is 36.7 Å². The number of nitrogens with zero attached hydrogens (tertiary/aromatic N) is 3. The van der Waals surface area contributed by atoms with E-state index in [0.29, 0.717) is 11.6 Å². The molecule has 7 heteroatoms. The fourth-order valence-corrected chi connectivity index (χ4v) is 1.99. The van der Waals surface area contributed by atoms with Crippen molar-refractivity contribution in [1.29, 1.82) is 0 Å². The van der Waals surface area contributed by atoms with Gasteiger partial charge in [-0.25, -0.2) is 10.8 Å². The molecule has 1 aromatic heterocycles. The normalized spacial score (nSPS) is 13.7. The van der Waals surface area contributed by atoms with Crippen LogP contribution in [0.2, 0.25) is 0 Å². The largest absolute Gasteiger partial charge is 0.323 e. The van der Waals surface area contributed by atoms with Crippen LogP contribution in [-0.4, -0.2) is 22.4 Å². The smallest absolute Gasteiger partial charge is 0.244 e. The van der Waals surface area contributed by atoms with Crippen LogP contribution >= 0.6 is 0 Å². The van der Waals surface area contributed by atoms with Crippen LogP contribution in [0.25, 0.3) is 0 Å². The molecule has 0 atom stereocenters. The van der Waals surface area contributed by atoms with Crippen LogP contribution < -0.4 is 21.5 Å². The van der Waals surface area contributed by atoms with Crippen LogP contribution in [-0.2, 0) is 4.79 Å². The molecular formula is C12H12N6O. The van der Waals surface area contributed by atoms with Gasteiger partial charge in [0.25, 0.3) is 0 Å². The summed E-state index contributed by atoms with van der Waals surface area (Å²) in [5, 5.41) is 2.82. The number of nitrogen functional groups attached to an aromatic ring is 1. The highest BCUT2D eigenvalue weighted by atomic mass is 16.2. The van der Waals surface area contributed by atoms with E-state index in [4.69, 9.17) is 5.84 Å². The number of rotatable bonds is 2. The van der Waals surface area contributed by atoms with Gasteiger partial charge in [-0.3, -0.25) is 9.78 Å². The first-order chi connectivity index (χ1) is 9.28. The van der Waals surface area contributed by atoms with Gasteiger partial charge in [0.2, 0.25) is 5.91 Å². The minimum absolute atomic E-state index is 0.0911. The molecule has 0 radical (unpaired) electrons. The standard InChI is InChI=1S/C12H12N6O/c13-17-10-5-14-6-11(16-10)18-7-12(19)15-8-3-1-2-4-9(8)18/h1-6H,7,13H2,(H,15,19)(H,16,17). The van der Waals surface area contributed by atoms with E-state index in [1.807, 2.05) is 24.3 Å². The molecule has 19 heavy (non-hydrogen) atoms. The number of hydrogen-bond acceptors (Lipinski definition) is 6. The lowest BCUT2D eigenvalue weighted by Gasteiger charge is -2.29. The first kappa shape index (κ1) is 11.4. The minimum Gasteiger partial charge on any atom is -0.323 e. The van der Waals surface area contributed by atoms with E-state index in [0.717, 1.165) is 11.4 Å². The molecule has 1 aromatic carbocycles. The van der Waals surface area contributed by atoms with Crippen LogP contribution in [0.4, 0.5) is 23.0 Å². The SMILES string of the molecule is NNc1cncc(N2CC(=O)Nc3ccccc32)n1. The van der Waals surface area contributed by atoms with E-state index >= 15 is 0 Å². The zero-order valence-electron chi connectivity index (χ0n) is 10.00. The third kappa shape index (κ3) is 2.06. The summed E-state index contributed by atoms with van der Waals surface area (Å²) in [6.45, 7) is 0.194. The lowest BCUT2D eigenvalue weighted by atomic mass is 10.2.